The zero-order chi connectivity index (χ0) is 21.6. The van der Waals surface area contributed by atoms with Crippen LogP contribution in [0, 0.1) is 0 Å². The van der Waals surface area contributed by atoms with E-state index in [1.807, 2.05) is 12.2 Å². The first-order chi connectivity index (χ1) is 15.2. The van der Waals surface area contributed by atoms with E-state index in [0.717, 1.165) is 35.4 Å². The van der Waals surface area contributed by atoms with Gasteiger partial charge < -0.3 is 0 Å². The number of aliphatic imine (C=N–C) groups is 1. The molecule has 0 spiro atoms. The predicted molar refractivity (Wildman–Crippen MR) is 138 cm³/mol. The standard InChI is InChI=1S/C29H26BrN/c1-3-8-21(4-2)22-11-13-23(14-12-22)26-19-28(24-9-6-5-7-10-24)31-29(20-26)25-15-17-27(30)18-16-25/h3-17,20,26-27H,1-2,18-19H2/b21-8+. The quantitative estimate of drug-likeness (QED) is 0.301. The van der Waals surface area contributed by atoms with E-state index in [-0.39, 0.29) is 5.92 Å². The van der Waals surface area contributed by atoms with Crippen LogP contribution in [-0.2, 0) is 0 Å². The first kappa shape index (κ1) is 21.3. The monoisotopic (exact) mass is 467 g/mol. The van der Waals surface area contributed by atoms with Crippen molar-refractivity contribution in [2.75, 3.05) is 0 Å². The zero-order valence-corrected chi connectivity index (χ0v) is 19.1. The molecule has 0 saturated heterocycles. The third kappa shape index (κ3) is 5.03. The Labute approximate surface area is 193 Å². The van der Waals surface area contributed by atoms with Crippen molar-refractivity contribution in [2.45, 2.75) is 23.6 Å². The Kier molecular flexibility index (Phi) is 6.79. The Morgan fingerprint density at radius 1 is 1.03 bits per heavy atom. The van der Waals surface area contributed by atoms with Crippen LogP contribution in [0.2, 0.25) is 0 Å². The van der Waals surface area contributed by atoms with E-state index >= 15 is 0 Å². The lowest BCUT2D eigenvalue weighted by Crippen LogP contribution is -2.13. The van der Waals surface area contributed by atoms with E-state index in [9.17, 15) is 0 Å². The number of nitrogens with zero attached hydrogens (tertiary/aromatic N) is 1. The number of alkyl halides is 1. The predicted octanol–water partition coefficient (Wildman–Crippen LogP) is 7.95. The molecule has 2 unspecified atom stereocenters. The maximum Gasteiger partial charge on any atom is 0.0668 e. The van der Waals surface area contributed by atoms with Crippen molar-refractivity contribution in [3.8, 4) is 0 Å². The van der Waals surface area contributed by atoms with Crippen molar-refractivity contribution in [2.24, 2.45) is 4.99 Å². The van der Waals surface area contributed by atoms with Gasteiger partial charge >= 0.3 is 0 Å². The Bertz CT molecular complexity index is 1110. The Morgan fingerprint density at radius 2 is 1.81 bits per heavy atom. The molecule has 0 radical (unpaired) electrons. The molecule has 154 valence electrons. The number of hydrogen-bond donors (Lipinski definition) is 0. The third-order valence-corrected chi connectivity index (χ3v) is 6.35. The van der Waals surface area contributed by atoms with Gasteiger partial charge in [0.25, 0.3) is 0 Å². The highest BCUT2D eigenvalue weighted by Crippen LogP contribution is 2.34. The number of hydrogen-bond acceptors (Lipinski definition) is 1. The van der Waals surface area contributed by atoms with Gasteiger partial charge in [0.2, 0.25) is 0 Å². The maximum atomic E-state index is 5.07. The lowest BCUT2D eigenvalue weighted by atomic mass is 9.86. The van der Waals surface area contributed by atoms with E-state index in [1.165, 1.54) is 16.7 Å². The molecule has 2 aromatic rings. The highest BCUT2D eigenvalue weighted by molar-refractivity contribution is 9.09. The van der Waals surface area contributed by atoms with E-state index in [0.29, 0.717) is 4.83 Å². The minimum atomic E-state index is 0.281. The van der Waals surface area contributed by atoms with Crippen LogP contribution in [0.1, 0.15) is 35.4 Å². The van der Waals surface area contributed by atoms with Crippen LogP contribution in [0.25, 0.3) is 5.57 Å². The second-order valence-corrected chi connectivity index (χ2v) is 8.92. The lowest BCUT2D eigenvalue weighted by Gasteiger charge is -2.23. The van der Waals surface area contributed by atoms with Crippen LogP contribution >= 0.6 is 15.9 Å². The first-order valence-electron chi connectivity index (χ1n) is 10.6. The molecule has 0 fully saturated rings. The summed E-state index contributed by atoms with van der Waals surface area (Å²) in [5.74, 6) is 0.281. The number of benzene rings is 2. The van der Waals surface area contributed by atoms with Gasteiger partial charge in [-0.25, -0.2) is 0 Å². The molecule has 0 saturated carbocycles. The van der Waals surface area contributed by atoms with Gasteiger partial charge in [-0.3, -0.25) is 4.99 Å². The van der Waals surface area contributed by atoms with Gasteiger partial charge in [-0.05, 0) is 34.3 Å². The molecule has 4 rings (SSSR count). The van der Waals surface area contributed by atoms with E-state index in [4.69, 9.17) is 4.99 Å². The minimum Gasteiger partial charge on any atom is -0.253 e. The molecule has 1 heterocycles. The van der Waals surface area contributed by atoms with Crippen molar-refractivity contribution in [3.05, 3.63) is 138 Å². The van der Waals surface area contributed by atoms with Crippen LogP contribution in [0.3, 0.4) is 0 Å². The summed E-state index contributed by atoms with van der Waals surface area (Å²) in [7, 11) is 0. The van der Waals surface area contributed by atoms with E-state index in [2.05, 4.69) is 108 Å². The molecule has 1 aliphatic carbocycles. The van der Waals surface area contributed by atoms with Gasteiger partial charge in [0, 0.05) is 22.9 Å². The lowest BCUT2D eigenvalue weighted by molar-refractivity contribution is 0.859. The summed E-state index contributed by atoms with van der Waals surface area (Å²) >= 11 is 3.67. The van der Waals surface area contributed by atoms with Crippen LogP contribution < -0.4 is 0 Å². The molecule has 0 amide bonds. The fraction of sp³-hybridized carbons (Fsp3) is 0.138. The molecule has 2 heteroatoms. The summed E-state index contributed by atoms with van der Waals surface area (Å²) < 4.78 is 0. The van der Waals surface area contributed by atoms with E-state index < -0.39 is 0 Å². The highest BCUT2D eigenvalue weighted by Gasteiger charge is 2.21. The SMILES string of the molecule is C=C/C=C(\C=C)c1ccc(C2C=C(C3=CCC(Br)C=C3)N=C(c3ccccc3)C2)cc1. The van der Waals surface area contributed by atoms with Gasteiger partial charge in [0.15, 0.2) is 0 Å². The first-order valence-corrected chi connectivity index (χ1v) is 11.5. The van der Waals surface area contributed by atoms with Crippen LogP contribution in [0.15, 0.2) is 127 Å². The summed E-state index contributed by atoms with van der Waals surface area (Å²) in [6.45, 7) is 7.72. The summed E-state index contributed by atoms with van der Waals surface area (Å²) in [6.07, 6.45) is 16.5. The highest BCUT2D eigenvalue weighted by atomic mass is 79.9. The van der Waals surface area contributed by atoms with Gasteiger partial charge in [-0.1, -0.05) is 126 Å². The van der Waals surface area contributed by atoms with Gasteiger partial charge in [0.1, 0.15) is 0 Å². The average molecular weight is 468 g/mol. The van der Waals surface area contributed by atoms with Crippen molar-refractivity contribution in [1.82, 2.24) is 0 Å². The molecule has 0 aromatic heterocycles. The molecule has 1 aliphatic heterocycles. The fourth-order valence-electron chi connectivity index (χ4n) is 3.99. The zero-order valence-electron chi connectivity index (χ0n) is 17.5. The van der Waals surface area contributed by atoms with E-state index in [1.54, 1.807) is 6.08 Å². The van der Waals surface area contributed by atoms with Gasteiger partial charge in [0.05, 0.1) is 5.70 Å². The van der Waals surface area contributed by atoms with Crippen molar-refractivity contribution in [3.63, 3.8) is 0 Å². The Balaban J connectivity index is 1.69. The second-order valence-electron chi connectivity index (χ2n) is 7.74. The maximum absolute atomic E-state index is 5.07. The van der Waals surface area contributed by atoms with Crippen molar-refractivity contribution in [1.29, 1.82) is 0 Å². The van der Waals surface area contributed by atoms with Crippen molar-refractivity contribution < 1.29 is 0 Å². The summed E-state index contributed by atoms with van der Waals surface area (Å²) in [6, 6.07) is 19.3. The molecule has 2 atom stereocenters. The number of rotatable bonds is 6. The molecular formula is C29H26BrN. The third-order valence-electron chi connectivity index (χ3n) is 5.67. The van der Waals surface area contributed by atoms with Crippen LogP contribution in [-0.4, -0.2) is 10.5 Å². The largest absolute Gasteiger partial charge is 0.253 e. The molecule has 31 heavy (non-hydrogen) atoms. The average Bonchev–Trinajstić information content (AvgIpc) is 2.83. The Morgan fingerprint density at radius 3 is 2.45 bits per heavy atom. The smallest absolute Gasteiger partial charge is 0.0668 e. The second kappa shape index (κ2) is 9.89. The normalized spacial score (nSPS) is 21.1. The van der Waals surface area contributed by atoms with Crippen molar-refractivity contribution >= 4 is 27.2 Å². The Hall–Kier alpha value is -2.97. The molecule has 0 N–H and O–H groups in total. The van der Waals surface area contributed by atoms with Crippen LogP contribution in [0.4, 0.5) is 0 Å². The summed E-state index contributed by atoms with van der Waals surface area (Å²) in [5, 5.41) is 0. The molecular weight excluding hydrogens is 442 g/mol. The molecule has 0 bridgehead atoms. The topological polar surface area (TPSA) is 12.4 Å². The van der Waals surface area contributed by atoms with Gasteiger partial charge in [-0.15, -0.1) is 0 Å². The minimum absolute atomic E-state index is 0.281. The fourth-order valence-corrected chi connectivity index (χ4v) is 4.33. The summed E-state index contributed by atoms with van der Waals surface area (Å²) in [4.78, 5) is 5.48. The molecule has 1 nitrogen and oxygen atoms in total. The van der Waals surface area contributed by atoms with Gasteiger partial charge in [-0.2, -0.15) is 0 Å². The molecule has 2 aromatic carbocycles. The number of allylic oxidation sites excluding steroid dienone is 8. The van der Waals surface area contributed by atoms with Crippen LogP contribution in [0.5, 0.6) is 0 Å². The molecule has 2 aliphatic rings. The summed E-state index contributed by atoms with van der Waals surface area (Å²) in [5.41, 5.74) is 8.12. The number of halogens is 1.